The number of aromatic nitrogens is 3. The molecule has 1 aliphatic heterocycles. The van der Waals surface area contributed by atoms with Crippen LogP contribution in [-0.4, -0.2) is 32.5 Å². The third kappa shape index (κ3) is 4.31. The molecule has 1 atom stereocenters. The highest BCUT2D eigenvalue weighted by Gasteiger charge is 2.35. The maximum atomic E-state index is 13.4. The molecule has 9 heteroatoms. The van der Waals surface area contributed by atoms with Crippen LogP contribution in [0.25, 0.3) is 10.4 Å². The molecule has 1 aromatic carbocycles. The Balaban J connectivity index is 1.60. The van der Waals surface area contributed by atoms with E-state index in [4.69, 9.17) is 0 Å². The van der Waals surface area contributed by atoms with E-state index in [1.165, 1.54) is 11.3 Å². The molecule has 7 nitrogen and oxygen atoms in total. The molecular weight excluding hydrogens is 405 g/mol. The van der Waals surface area contributed by atoms with Crippen molar-refractivity contribution in [2.45, 2.75) is 38.7 Å². The van der Waals surface area contributed by atoms with Crippen molar-refractivity contribution in [1.82, 2.24) is 20.3 Å². The predicted molar refractivity (Wildman–Crippen MR) is 113 cm³/mol. The standard InChI is InChI=1S/C21H22FN5O2S/c1-12-7-14(9-15(8-12)27-20-25-10-16(22)13(2)26-20)17-11-24-19(30-17)21(29)4-3-18(28)23-6-5-21/h7-11,29H,3-6H2,1-2H3,(H,23,28)(H,25,26,27). The minimum absolute atomic E-state index is 0.0460. The lowest BCUT2D eigenvalue weighted by atomic mass is 9.96. The fraction of sp³-hybridized carbons (Fsp3) is 0.333. The Morgan fingerprint density at radius 1 is 1.20 bits per heavy atom. The Labute approximate surface area is 177 Å². The number of nitrogens with zero attached hydrogens (tertiary/aromatic N) is 3. The molecule has 1 saturated heterocycles. The van der Waals surface area contributed by atoms with Crippen molar-refractivity contribution in [3.05, 3.63) is 52.7 Å². The molecule has 1 amide bonds. The van der Waals surface area contributed by atoms with Crippen LogP contribution in [0.1, 0.15) is 35.5 Å². The Morgan fingerprint density at radius 3 is 2.83 bits per heavy atom. The summed E-state index contributed by atoms with van der Waals surface area (Å²) in [6, 6.07) is 5.92. The number of carbonyl (C=O) groups is 1. The van der Waals surface area contributed by atoms with Crippen LogP contribution in [0.5, 0.6) is 0 Å². The maximum absolute atomic E-state index is 13.4. The monoisotopic (exact) mass is 427 g/mol. The zero-order chi connectivity index (χ0) is 21.3. The third-order valence-corrected chi connectivity index (χ3v) is 6.31. The minimum atomic E-state index is -1.10. The number of aryl methyl sites for hydroxylation is 2. The van der Waals surface area contributed by atoms with E-state index in [2.05, 4.69) is 25.6 Å². The molecule has 4 rings (SSSR count). The number of hydrogen-bond donors (Lipinski definition) is 3. The number of anilines is 2. The van der Waals surface area contributed by atoms with E-state index in [0.29, 0.717) is 30.3 Å². The number of thiazole rings is 1. The maximum Gasteiger partial charge on any atom is 0.227 e. The van der Waals surface area contributed by atoms with E-state index in [9.17, 15) is 14.3 Å². The van der Waals surface area contributed by atoms with E-state index in [1.807, 2.05) is 25.1 Å². The molecule has 0 saturated carbocycles. The second-order valence-electron chi connectivity index (χ2n) is 7.50. The second kappa shape index (κ2) is 8.08. The summed E-state index contributed by atoms with van der Waals surface area (Å²) in [4.78, 5) is 25.1. The molecule has 30 heavy (non-hydrogen) atoms. The van der Waals surface area contributed by atoms with Gasteiger partial charge in [0.2, 0.25) is 11.9 Å². The molecule has 0 aliphatic carbocycles. The van der Waals surface area contributed by atoms with E-state index >= 15 is 0 Å². The lowest BCUT2D eigenvalue weighted by Gasteiger charge is -2.22. The highest BCUT2D eigenvalue weighted by molar-refractivity contribution is 7.15. The van der Waals surface area contributed by atoms with Crippen molar-refractivity contribution in [2.24, 2.45) is 0 Å². The van der Waals surface area contributed by atoms with Crippen LogP contribution >= 0.6 is 11.3 Å². The van der Waals surface area contributed by atoms with Crippen LogP contribution in [0, 0.1) is 19.7 Å². The Bertz CT molecular complexity index is 1100. The van der Waals surface area contributed by atoms with E-state index in [1.54, 1.807) is 13.1 Å². The summed E-state index contributed by atoms with van der Waals surface area (Å²) >= 11 is 1.42. The smallest absolute Gasteiger partial charge is 0.227 e. The summed E-state index contributed by atoms with van der Waals surface area (Å²) in [5.74, 6) is -0.174. The first kappa shape index (κ1) is 20.4. The Kier molecular flexibility index (Phi) is 5.48. The molecule has 3 N–H and O–H groups in total. The first-order valence-corrected chi connectivity index (χ1v) is 10.5. The summed E-state index contributed by atoms with van der Waals surface area (Å²) in [6.07, 6.45) is 3.96. The average Bonchev–Trinajstić information content (AvgIpc) is 3.13. The molecule has 3 heterocycles. The van der Waals surface area contributed by atoms with Crippen molar-refractivity contribution < 1.29 is 14.3 Å². The zero-order valence-corrected chi connectivity index (χ0v) is 17.5. The molecule has 0 spiro atoms. The number of carbonyl (C=O) groups excluding carboxylic acids is 1. The third-order valence-electron chi connectivity index (χ3n) is 5.07. The first-order chi connectivity index (χ1) is 14.3. The summed E-state index contributed by atoms with van der Waals surface area (Å²) in [6.45, 7) is 3.99. The van der Waals surface area contributed by atoms with Gasteiger partial charge in [-0.05, 0) is 43.5 Å². The zero-order valence-electron chi connectivity index (χ0n) is 16.7. The van der Waals surface area contributed by atoms with Crippen LogP contribution in [0.4, 0.5) is 16.0 Å². The SMILES string of the molecule is Cc1cc(Nc2ncc(F)c(C)n2)cc(-c2cnc(C3(O)CCNC(=O)CC3)s2)c1. The lowest BCUT2D eigenvalue weighted by Crippen LogP contribution is -2.27. The number of nitrogens with one attached hydrogen (secondary N) is 2. The fourth-order valence-electron chi connectivity index (χ4n) is 3.42. The van der Waals surface area contributed by atoms with E-state index in [-0.39, 0.29) is 18.0 Å². The van der Waals surface area contributed by atoms with Crippen molar-refractivity contribution in [3.8, 4) is 10.4 Å². The molecular formula is C21H22FN5O2S. The van der Waals surface area contributed by atoms with Gasteiger partial charge in [-0.15, -0.1) is 11.3 Å². The molecule has 1 unspecified atom stereocenters. The van der Waals surface area contributed by atoms with Gasteiger partial charge in [0.15, 0.2) is 5.82 Å². The molecule has 0 radical (unpaired) electrons. The van der Waals surface area contributed by atoms with Gasteiger partial charge in [0.1, 0.15) is 10.6 Å². The van der Waals surface area contributed by atoms with Gasteiger partial charge < -0.3 is 15.7 Å². The van der Waals surface area contributed by atoms with Gasteiger partial charge in [0.05, 0.1) is 16.8 Å². The number of rotatable bonds is 4. The number of amides is 1. The molecule has 1 fully saturated rings. The summed E-state index contributed by atoms with van der Waals surface area (Å²) in [7, 11) is 0. The highest BCUT2D eigenvalue weighted by atomic mass is 32.1. The van der Waals surface area contributed by atoms with Gasteiger partial charge in [-0.25, -0.2) is 19.3 Å². The number of aliphatic hydroxyl groups is 1. The van der Waals surface area contributed by atoms with E-state index < -0.39 is 11.4 Å². The molecule has 1 aliphatic rings. The topological polar surface area (TPSA) is 100 Å². The van der Waals surface area contributed by atoms with Crippen LogP contribution < -0.4 is 10.6 Å². The second-order valence-corrected chi connectivity index (χ2v) is 8.53. The van der Waals surface area contributed by atoms with Gasteiger partial charge in [-0.2, -0.15) is 0 Å². The molecule has 2 aromatic heterocycles. The summed E-state index contributed by atoms with van der Waals surface area (Å²) < 4.78 is 13.4. The van der Waals surface area contributed by atoms with E-state index in [0.717, 1.165) is 27.9 Å². The van der Waals surface area contributed by atoms with Crippen LogP contribution in [0.3, 0.4) is 0 Å². The Hall–Kier alpha value is -2.91. The summed E-state index contributed by atoms with van der Waals surface area (Å²) in [5, 5.41) is 17.6. The van der Waals surface area contributed by atoms with Gasteiger partial charge in [0.25, 0.3) is 0 Å². The average molecular weight is 428 g/mol. The van der Waals surface area contributed by atoms with Gasteiger partial charge >= 0.3 is 0 Å². The predicted octanol–water partition coefficient (Wildman–Crippen LogP) is 3.59. The normalized spacial score (nSPS) is 19.3. The van der Waals surface area contributed by atoms with Crippen molar-refractivity contribution in [3.63, 3.8) is 0 Å². The minimum Gasteiger partial charge on any atom is -0.383 e. The van der Waals surface area contributed by atoms with Crippen molar-refractivity contribution in [1.29, 1.82) is 0 Å². The summed E-state index contributed by atoms with van der Waals surface area (Å²) in [5.41, 5.74) is 1.90. The first-order valence-electron chi connectivity index (χ1n) is 9.66. The lowest BCUT2D eigenvalue weighted by molar-refractivity contribution is -0.121. The Morgan fingerprint density at radius 2 is 2.03 bits per heavy atom. The number of benzene rings is 1. The quantitative estimate of drug-likeness (QED) is 0.588. The van der Waals surface area contributed by atoms with Crippen LogP contribution in [-0.2, 0) is 10.4 Å². The molecule has 156 valence electrons. The number of hydrogen-bond acceptors (Lipinski definition) is 7. The largest absolute Gasteiger partial charge is 0.383 e. The highest BCUT2D eigenvalue weighted by Crippen LogP contribution is 2.38. The van der Waals surface area contributed by atoms with Crippen molar-refractivity contribution in [2.75, 3.05) is 11.9 Å². The fourth-order valence-corrected chi connectivity index (χ4v) is 4.47. The van der Waals surface area contributed by atoms with Gasteiger partial charge in [-0.3, -0.25) is 4.79 Å². The van der Waals surface area contributed by atoms with Crippen molar-refractivity contribution >= 4 is 28.9 Å². The van der Waals surface area contributed by atoms with Gasteiger partial charge in [0, 0.05) is 31.3 Å². The van der Waals surface area contributed by atoms with Crippen LogP contribution in [0.15, 0.2) is 30.6 Å². The number of halogens is 1. The molecule has 0 bridgehead atoms. The molecule has 3 aromatic rings. The van der Waals surface area contributed by atoms with Gasteiger partial charge in [-0.1, -0.05) is 6.07 Å². The van der Waals surface area contributed by atoms with Crippen LogP contribution in [0.2, 0.25) is 0 Å².